The van der Waals surface area contributed by atoms with Crippen molar-refractivity contribution in [3.63, 3.8) is 0 Å². The molecule has 0 bridgehead atoms. The summed E-state index contributed by atoms with van der Waals surface area (Å²) >= 11 is 0. The SMILES string of the molecule is CC[PH](CC)(CC)CCCCCOc1ccc(-n2c3ccc(C)cc3c3cc(C)ccc32)cc1. The monoisotopic (exact) mass is 475 g/mol. The summed E-state index contributed by atoms with van der Waals surface area (Å²) in [7, 11) is -0.963. The van der Waals surface area contributed by atoms with Crippen molar-refractivity contribution in [2.75, 3.05) is 31.3 Å². The number of hydrogen-bond acceptors (Lipinski definition) is 1. The van der Waals surface area contributed by atoms with Crippen LogP contribution >= 0.6 is 7.26 Å². The first kappa shape index (κ1) is 24.8. The minimum atomic E-state index is -0.963. The van der Waals surface area contributed by atoms with Crippen molar-refractivity contribution in [3.05, 3.63) is 71.8 Å². The Bertz CT molecular complexity index is 1170. The predicted octanol–water partition coefficient (Wildman–Crippen LogP) is 8.76. The third kappa shape index (κ3) is 5.18. The molecule has 2 nitrogen and oxygen atoms in total. The van der Waals surface area contributed by atoms with Gasteiger partial charge in [-0.2, -0.15) is 0 Å². The zero-order chi connectivity index (χ0) is 24.1. The van der Waals surface area contributed by atoms with Crippen LogP contribution in [0.3, 0.4) is 0 Å². The average molecular weight is 476 g/mol. The van der Waals surface area contributed by atoms with E-state index in [4.69, 9.17) is 4.74 Å². The summed E-state index contributed by atoms with van der Waals surface area (Å²) in [5.41, 5.74) is 6.28. The molecule has 4 rings (SSSR count). The number of fused-ring (bicyclic) bond motifs is 3. The molecule has 0 aliphatic heterocycles. The molecule has 0 fully saturated rings. The van der Waals surface area contributed by atoms with Gasteiger partial charge in [-0.25, -0.2) is 0 Å². The molecular weight excluding hydrogens is 433 g/mol. The van der Waals surface area contributed by atoms with Crippen LogP contribution in [0, 0.1) is 13.8 Å². The van der Waals surface area contributed by atoms with Crippen molar-refractivity contribution >= 4 is 29.1 Å². The van der Waals surface area contributed by atoms with Crippen LogP contribution in [0.4, 0.5) is 0 Å². The Kier molecular flexibility index (Phi) is 7.99. The molecule has 1 aromatic heterocycles. The van der Waals surface area contributed by atoms with Crippen molar-refractivity contribution in [1.29, 1.82) is 0 Å². The normalized spacial score (nSPS) is 12.5. The molecule has 3 heteroatoms. The van der Waals surface area contributed by atoms with Crippen LogP contribution in [0.2, 0.25) is 0 Å². The fourth-order valence-electron chi connectivity index (χ4n) is 5.47. The van der Waals surface area contributed by atoms with E-state index in [0.717, 1.165) is 18.8 Å². The van der Waals surface area contributed by atoms with Crippen LogP contribution in [-0.4, -0.2) is 35.8 Å². The second-order valence-corrected chi connectivity index (χ2v) is 15.7. The molecule has 1 heterocycles. The second-order valence-electron chi connectivity index (χ2n) is 10.1. The Balaban J connectivity index is 1.42. The average Bonchev–Trinajstić information content (AvgIpc) is 3.17. The molecule has 0 atom stereocenters. The van der Waals surface area contributed by atoms with Gasteiger partial charge in [0.2, 0.25) is 0 Å². The number of hydrogen-bond donors (Lipinski definition) is 0. The molecule has 0 N–H and O–H groups in total. The Hall–Kier alpha value is -2.31. The summed E-state index contributed by atoms with van der Waals surface area (Å²) < 4.78 is 8.47. The van der Waals surface area contributed by atoms with Crippen molar-refractivity contribution in [3.8, 4) is 11.4 Å². The van der Waals surface area contributed by atoms with E-state index in [-0.39, 0.29) is 0 Å². The maximum absolute atomic E-state index is 6.10. The van der Waals surface area contributed by atoms with Crippen molar-refractivity contribution < 1.29 is 4.74 Å². The van der Waals surface area contributed by atoms with Crippen LogP contribution in [0.1, 0.15) is 51.2 Å². The van der Waals surface area contributed by atoms with E-state index >= 15 is 0 Å². The van der Waals surface area contributed by atoms with Crippen LogP contribution < -0.4 is 4.74 Å². The van der Waals surface area contributed by atoms with Crippen LogP contribution in [-0.2, 0) is 0 Å². The molecule has 182 valence electrons. The van der Waals surface area contributed by atoms with Gasteiger partial charge in [0.05, 0.1) is 0 Å². The van der Waals surface area contributed by atoms with Gasteiger partial charge in [-0.05, 0) is 38.1 Å². The standard InChI is InChI=1S/C31H42NOP/c1-6-34(7-2,8-3)21-11-9-10-20-33-27-16-14-26(15-17-27)32-30-18-12-24(4)22-28(30)29-23-25(5)13-19-31(29)32/h12-19,22-23,34H,6-11,20-21H2,1-5H3. The Morgan fingerprint density at radius 2 is 1.24 bits per heavy atom. The summed E-state index contributed by atoms with van der Waals surface area (Å²) in [6.07, 6.45) is 9.61. The fraction of sp³-hybridized carbons (Fsp3) is 0.419. The fourth-order valence-corrected chi connectivity index (χ4v) is 9.03. The van der Waals surface area contributed by atoms with Gasteiger partial charge in [0.1, 0.15) is 0 Å². The van der Waals surface area contributed by atoms with E-state index in [2.05, 4.69) is 99.8 Å². The van der Waals surface area contributed by atoms with Gasteiger partial charge in [-0.1, -0.05) is 23.3 Å². The number of rotatable bonds is 11. The van der Waals surface area contributed by atoms with E-state index in [1.54, 1.807) is 0 Å². The molecule has 0 unspecified atom stereocenters. The van der Waals surface area contributed by atoms with Crippen LogP contribution in [0.5, 0.6) is 5.75 Å². The minimum absolute atomic E-state index is 0.812. The number of aryl methyl sites for hydroxylation is 2. The molecule has 0 amide bonds. The van der Waals surface area contributed by atoms with Gasteiger partial charge < -0.3 is 0 Å². The molecule has 0 radical (unpaired) electrons. The molecular formula is C31H42NOP. The summed E-state index contributed by atoms with van der Waals surface area (Å²) in [4.78, 5) is 0. The van der Waals surface area contributed by atoms with E-state index in [1.807, 2.05) is 0 Å². The number of ether oxygens (including phenoxy) is 1. The third-order valence-electron chi connectivity index (χ3n) is 8.04. The first-order chi connectivity index (χ1) is 16.5. The number of benzene rings is 3. The molecule has 34 heavy (non-hydrogen) atoms. The van der Waals surface area contributed by atoms with Crippen molar-refractivity contribution in [2.45, 2.75) is 53.9 Å². The molecule has 3 aromatic carbocycles. The van der Waals surface area contributed by atoms with Crippen LogP contribution in [0.15, 0.2) is 60.7 Å². The first-order valence-electron chi connectivity index (χ1n) is 13.2. The van der Waals surface area contributed by atoms with Crippen molar-refractivity contribution in [1.82, 2.24) is 4.57 Å². The Labute approximate surface area is 206 Å². The molecule has 4 aromatic rings. The molecule has 0 aliphatic carbocycles. The molecule has 0 spiro atoms. The molecule has 0 saturated heterocycles. The van der Waals surface area contributed by atoms with Crippen LogP contribution in [0.25, 0.3) is 27.5 Å². The van der Waals surface area contributed by atoms with Gasteiger partial charge in [0.25, 0.3) is 0 Å². The maximum atomic E-state index is 6.10. The number of nitrogens with zero attached hydrogens (tertiary/aromatic N) is 1. The Morgan fingerprint density at radius 1 is 0.676 bits per heavy atom. The van der Waals surface area contributed by atoms with Gasteiger partial charge in [-0.15, -0.1) is 0 Å². The third-order valence-corrected chi connectivity index (χ3v) is 14.0. The second kappa shape index (κ2) is 11.0. The quantitative estimate of drug-likeness (QED) is 0.156. The van der Waals surface area contributed by atoms with Gasteiger partial charge in [-0.3, -0.25) is 0 Å². The van der Waals surface area contributed by atoms with E-state index in [9.17, 15) is 0 Å². The van der Waals surface area contributed by atoms with Gasteiger partial charge in [0.15, 0.2) is 0 Å². The summed E-state index contributed by atoms with van der Waals surface area (Å²) in [5, 5.41) is 2.64. The summed E-state index contributed by atoms with van der Waals surface area (Å²) in [6, 6.07) is 22.1. The summed E-state index contributed by atoms with van der Waals surface area (Å²) in [5.74, 6) is 0.968. The van der Waals surface area contributed by atoms with Crippen molar-refractivity contribution in [2.24, 2.45) is 0 Å². The molecule has 0 saturated carbocycles. The molecule has 0 aliphatic rings. The summed E-state index contributed by atoms with van der Waals surface area (Å²) in [6.45, 7) is 12.4. The Morgan fingerprint density at radius 3 is 1.76 bits per heavy atom. The van der Waals surface area contributed by atoms with Gasteiger partial charge in [0, 0.05) is 10.8 Å². The van der Waals surface area contributed by atoms with E-state index < -0.39 is 7.26 Å². The predicted molar refractivity (Wildman–Crippen MR) is 154 cm³/mol. The van der Waals surface area contributed by atoms with E-state index in [1.165, 1.54) is 76.1 Å². The number of aromatic nitrogens is 1. The van der Waals surface area contributed by atoms with E-state index in [0.29, 0.717) is 0 Å². The first-order valence-corrected chi connectivity index (χ1v) is 16.1. The zero-order valence-electron chi connectivity index (χ0n) is 21.8. The van der Waals surface area contributed by atoms with Gasteiger partial charge >= 0.3 is 135 Å². The topological polar surface area (TPSA) is 14.2 Å². The number of unbranched alkanes of at least 4 members (excludes halogenated alkanes) is 2. The zero-order valence-corrected chi connectivity index (χ0v) is 22.8.